The van der Waals surface area contributed by atoms with Crippen molar-refractivity contribution in [2.24, 2.45) is 11.8 Å². The molecule has 2 heterocycles. The topological polar surface area (TPSA) is 81.2 Å². The van der Waals surface area contributed by atoms with Crippen LogP contribution in [0.2, 0.25) is 0 Å². The highest BCUT2D eigenvalue weighted by atomic mass is 15.2. The molecule has 24 heavy (non-hydrogen) atoms. The Kier molecular flexibility index (Phi) is 4.94. The summed E-state index contributed by atoms with van der Waals surface area (Å²) in [5.74, 6) is 3.03. The fraction of sp³-hybridized carbons (Fsp3) is 0.500. The lowest BCUT2D eigenvalue weighted by Crippen LogP contribution is -3.13. The van der Waals surface area contributed by atoms with Gasteiger partial charge in [0.15, 0.2) is 5.82 Å². The lowest BCUT2D eigenvalue weighted by molar-refractivity contribution is -0.926. The molecule has 0 saturated carbocycles. The second-order valence-electron chi connectivity index (χ2n) is 7.15. The monoisotopic (exact) mass is 327 g/mol. The first-order valence-corrected chi connectivity index (χ1v) is 8.66. The molecular weight excluding hydrogens is 300 g/mol. The Labute approximate surface area is 143 Å². The molecule has 1 aromatic heterocycles. The predicted octanol–water partition coefficient (Wildman–Crippen LogP) is 1.57. The number of nitrogen functional groups attached to an aromatic ring is 1. The largest absolute Gasteiger partial charge is 0.368 e. The van der Waals surface area contributed by atoms with Crippen molar-refractivity contribution >= 4 is 17.6 Å². The van der Waals surface area contributed by atoms with E-state index in [9.17, 15) is 0 Å². The van der Waals surface area contributed by atoms with E-state index in [0.717, 1.165) is 48.5 Å². The van der Waals surface area contributed by atoms with Crippen molar-refractivity contribution in [3.8, 4) is 0 Å². The van der Waals surface area contributed by atoms with E-state index in [2.05, 4.69) is 47.1 Å². The molecule has 2 aromatic rings. The summed E-state index contributed by atoms with van der Waals surface area (Å²) in [6.07, 6.45) is 1.31. The Morgan fingerprint density at radius 3 is 2.54 bits per heavy atom. The highest BCUT2D eigenvalue weighted by molar-refractivity contribution is 5.58. The van der Waals surface area contributed by atoms with Crippen molar-refractivity contribution in [3.63, 3.8) is 0 Å². The first-order valence-electron chi connectivity index (χ1n) is 8.66. The number of benzene rings is 1. The molecule has 6 heteroatoms. The number of anilines is 3. The second-order valence-corrected chi connectivity index (χ2v) is 7.15. The van der Waals surface area contributed by atoms with Crippen molar-refractivity contribution in [1.29, 1.82) is 0 Å². The third-order valence-electron chi connectivity index (χ3n) is 4.58. The van der Waals surface area contributed by atoms with Gasteiger partial charge in [0, 0.05) is 17.5 Å². The van der Waals surface area contributed by atoms with Gasteiger partial charge in [-0.3, -0.25) is 0 Å². The zero-order chi connectivity index (χ0) is 17.1. The highest BCUT2D eigenvalue weighted by Crippen LogP contribution is 2.18. The van der Waals surface area contributed by atoms with Crippen molar-refractivity contribution in [3.05, 3.63) is 35.7 Å². The third-order valence-corrected chi connectivity index (χ3v) is 4.58. The maximum absolute atomic E-state index is 5.90. The van der Waals surface area contributed by atoms with E-state index >= 15 is 0 Å². The Bertz CT molecular complexity index is 692. The average Bonchev–Trinajstić information content (AvgIpc) is 2.48. The van der Waals surface area contributed by atoms with E-state index in [4.69, 9.17) is 5.73 Å². The molecule has 3 rings (SSSR count). The molecular formula is C18H27N6+. The number of rotatable bonds is 4. The zero-order valence-corrected chi connectivity index (χ0v) is 14.7. The quantitative estimate of drug-likeness (QED) is 0.794. The van der Waals surface area contributed by atoms with Crippen LogP contribution in [0.3, 0.4) is 0 Å². The van der Waals surface area contributed by atoms with E-state index in [1.165, 1.54) is 11.3 Å². The lowest BCUT2D eigenvalue weighted by Gasteiger charge is -2.31. The van der Waals surface area contributed by atoms with Crippen LogP contribution in [0.4, 0.5) is 17.6 Å². The van der Waals surface area contributed by atoms with Crippen LogP contribution in [-0.4, -0.2) is 28.0 Å². The van der Waals surface area contributed by atoms with Crippen molar-refractivity contribution < 1.29 is 4.90 Å². The zero-order valence-electron chi connectivity index (χ0n) is 14.7. The first kappa shape index (κ1) is 16.6. The number of quaternary nitrogens is 1. The highest BCUT2D eigenvalue weighted by Gasteiger charge is 2.26. The molecule has 1 aliphatic rings. The summed E-state index contributed by atoms with van der Waals surface area (Å²) >= 11 is 0. The number of hydrogen-bond acceptors (Lipinski definition) is 5. The van der Waals surface area contributed by atoms with E-state index in [-0.39, 0.29) is 5.95 Å². The molecule has 0 unspecified atom stereocenters. The molecule has 0 bridgehead atoms. The maximum Gasteiger partial charge on any atom is 0.232 e. The van der Waals surface area contributed by atoms with Gasteiger partial charge in [0.05, 0.1) is 13.1 Å². The van der Waals surface area contributed by atoms with Crippen molar-refractivity contribution in [2.75, 3.05) is 24.1 Å². The minimum Gasteiger partial charge on any atom is -0.368 e. The van der Waals surface area contributed by atoms with Gasteiger partial charge in [0.1, 0.15) is 6.54 Å². The minimum absolute atomic E-state index is 0.272. The second kappa shape index (κ2) is 7.13. The summed E-state index contributed by atoms with van der Waals surface area (Å²) in [5, 5.41) is 3.26. The fourth-order valence-electron chi connectivity index (χ4n) is 3.70. The Morgan fingerprint density at radius 1 is 1.12 bits per heavy atom. The molecule has 1 fully saturated rings. The molecule has 4 N–H and O–H groups in total. The molecule has 0 spiro atoms. The molecule has 0 aliphatic carbocycles. The van der Waals surface area contributed by atoms with Gasteiger partial charge in [-0.05, 0) is 25.0 Å². The van der Waals surface area contributed by atoms with Gasteiger partial charge in [-0.15, -0.1) is 0 Å². The standard InChI is InChI=1S/C18H26N6/c1-12-8-13(2)10-24(9-12)11-16-21-17(19)23-18(22-16)20-15-7-5-4-6-14(15)3/h4-7,12-13H,8-11H2,1-3H3,(H3,19,20,21,22,23)/p+1/t12-,13-/m1/s1. The van der Waals surface area contributed by atoms with Gasteiger partial charge in [0.25, 0.3) is 0 Å². The number of aromatic nitrogens is 3. The van der Waals surface area contributed by atoms with Crippen LogP contribution in [0.1, 0.15) is 31.7 Å². The SMILES string of the molecule is Cc1ccccc1Nc1nc(N)nc(C[NH+]2C[C@H](C)C[C@@H](C)C2)n1. The first-order chi connectivity index (χ1) is 11.5. The fourth-order valence-corrected chi connectivity index (χ4v) is 3.70. The summed E-state index contributed by atoms with van der Waals surface area (Å²) in [6, 6.07) is 8.06. The Morgan fingerprint density at radius 2 is 1.83 bits per heavy atom. The molecule has 1 aliphatic heterocycles. The smallest absolute Gasteiger partial charge is 0.232 e. The number of hydrogen-bond donors (Lipinski definition) is 3. The van der Waals surface area contributed by atoms with Crippen LogP contribution in [0.5, 0.6) is 0 Å². The van der Waals surface area contributed by atoms with E-state index in [1.807, 2.05) is 18.2 Å². The van der Waals surface area contributed by atoms with Crippen LogP contribution >= 0.6 is 0 Å². The van der Waals surface area contributed by atoms with E-state index in [0.29, 0.717) is 5.95 Å². The maximum atomic E-state index is 5.90. The van der Waals surface area contributed by atoms with Gasteiger partial charge in [0.2, 0.25) is 11.9 Å². The normalized spacial score (nSPS) is 23.9. The van der Waals surface area contributed by atoms with Crippen LogP contribution in [0.25, 0.3) is 0 Å². The lowest BCUT2D eigenvalue weighted by atomic mass is 9.92. The van der Waals surface area contributed by atoms with Crippen LogP contribution in [0, 0.1) is 18.8 Å². The van der Waals surface area contributed by atoms with E-state index in [1.54, 1.807) is 0 Å². The van der Waals surface area contributed by atoms with Gasteiger partial charge in [-0.2, -0.15) is 15.0 Å². The predicted molar refractivity (Wildman–Crippen MR) is 96.0 cm³/mol. The van der Waals surface area contributed by atoms with Gasteiger partial charge in [-0.1, -0.05) is 32.0 Å². The number of nitrogens with two attached hydrogens (primary N) is 1. The summed E-state index contributed by atoms with van der Waals surface area (Å²) < 4.78 is 0. The van der Waals surface area contributed by atoms with Gasteiger partial charge >= 0.3 is 0 Å². The number of piperidine rings is 1. The van der Waals surface area contributed by atoms with Crippen LogP contribution in [-0.2, 0) is 6.54 Å². The minimum atomic E-state index is 0.272. The number of nitrogens with zero attached hydrogens (tertiary/aromatic N) is 3. The van der Waals surface area contributed by atoms with E-state index < -0.39 is 0 Å². The van der Waals surface area contributed by atoms with Crippen molar-refractivity contribution in [1.82, 2.24) is 15.0 Å². The summed E-state index contributed by atoms with van der Waals surface area (Å²) in [4.78, 5) is 14.7. The number of likely N-dealkylation sites (tertiary alicyclic amines) is 1. The summed E-state index contributed by atoms with van der Waals surface area (Å²) in [5.41, 5.74) is 8.03. The van der Waals surface area contributed by atoms with Gasteiger partial charge in [-0.25, -0.2) is 0 Å². The molecule has 128 valence electrons. The number of aryl methyl sites for hydroxylation is 1. The molecule has 0 radical (unpaired) electrons. The average molecular weight is 327 g/mol. The van der Waals surface area contributed by atoms with Crippen LogP contribution < -0.4 is 16.0 Å². The summed E-state index contributed by atoms with van der Waals surface area (Å²) in [7, 11) is 0. The summed E-state index contributed by atoms with van der Waals surface area (Å²) in [6.45, 7) is 9.82. The molecule has 2 atom stereocenters. The molecule has 6 nitrogen and oxygen atoms in total. The molecule has 1 aromatic carbocycles. The number of para-hydroxylation sites is 1. The van der Waals surface area contributed by atoms with Crippen molar-refractivity contribution in [2.45, 2.75) is 33.7 Å². The van der Waals surface area contributed by atoms with Gasteiger partial charge < -0.3 is 16.0 Å². The Hall–Kier alpha value is -2.21. The molecule has 1 saturated heterocycles. The van der Waals surface area contributed by atoms with Crippen LogP contribution in [0.15, 0.2) is 24.3 Å². The molecule has 0 amide bonds. The third kappa shape index (κ3) is 4.20. The Balaban J connectivity index is 1.75. The number of nitrogens with one attached hydrogen (secondary N) is 2.